The van der Waals surface area contributed by atoms with Crippen LogP contribution in [-0.4, -0.2) is 35.7 Å². The van der Waals surface area contributed by atoms with Gasteiger partial charge in [-0.25, -0.2) is 19.6 Å². The molecule has 150 valence electrons. The first kappa shape index (κ1) is 19.9. The Kier molecular flexibility index (Phi) is 6.08. The van der Waals surface area contributed by atoms with Crippen molar-refractivity contribution in [3.05, 3.63) is 48.3 Å². The first-order valence-electron chi connectivity index (χ1n) is 9.02. The Hall–Kier alpha value is -3.88. The number of fused-ring (bicyclic) bond motifs is 1. The van der Waals surface area contributed by atoms with Gasteiger partial charge in [-0.15, -0.1) is 0 Å². The molecule has 0 unspecified atom stereocenters. The number of methoxy groups -OCH3 is 1. The number of hydrogen-bond donors (Lipinski definition) is 4. The van der Waals surface area contributed by atoms with Crippen LogP contribution in [0.3, 0.4) is 0 Å². The van der Waals surface area contributed by atoms with Gasteiger partial charge in [0.1, 0.15) is 11.6 Å². The Labute approximate surface area is 167 Å². The summed E-state index contributed by atoms with van der Waals surface area (Å²) >= 11 is 0. The number of nitrogens with one attached hydrogen (secondary N) is 3. The highest BCUT2D eigenvalue weighted by Gasteiger charge is 2.12. The van der Waals surface area contributed by atoms with Crippen LogP contribution < -0.4 is 21.7 Å². The van der Waals surface area contributed by atoms with Crippen LogP contribution >= 0.6 is 0 Å². The number of pyridine rings is 2. The van der Waals surface area contributed by atoms with Gasteiger partial charge >= 0.3 is 12.1 Å². The first-order valence-corrected chi connectivity index (χ1v) is 9.02. The van der Waals surface area contributed by atoms with Crippen LogP contribution in [-0.2, 0) is 11.3 Å². The molecule has 0 aliphatic rings. The maximum Gasteiger partial charge on any atom is 0.407 e. The third kappa shape index (κ3) is 4.70. The van der Waals surface area contributed by atoms with Crippen molar-refractivity contribution in [2.75, 3.05) is 24.7 Å². The number of rotatable bonds is 5. The minimum absolute atomic E-state index is 0.271. The molecule has 0 fully saturated rings. The predicted octanol–water partition coefficient (Wildman–Crippen LogP) is 2.88. The highest BCUT2D eigenvalue weighted by atomic mass is 16.5. The lowest BCUT2D eigenvalue weighted by atomic mass is 9.96. The van der Waals surface area contributed by atoms with Crippen molar-refractivity contribution in [2.24, 2.45) is 0 Å². The third-order valence-corrected chi connectivity index (χ3v) is 4.27. The van der Waals surface area contributed by atoms with Crippen LogP contribution in [0.15, 0.2) is 42.7 Å². The lowest BCUT2D eigenvalue weighted by molar-refractivity contribution is 0.170. The summed E-state index contributed by atoms with van der Waals surface area (Å²) in [6, 6.07) is 8.92. The van der Waals surface area contributed by atoms with E-state index < -0.39 is 6.09 Å². The Bertz CT molecular complexity index is 1050. The molecule has 0 aliphatic heterocycles. The molecule has 0 bridgehead atoms. The zero-order valence-corrected chi connectivity index (χ0v) is 16.2. The minimum Gasteiger partial charge on any atom is -0.453 e. The number of nitrogens with zero attached hydrogens (tertiary/aromatic N) is 2. The zero-order valence-electron chi connectivity index (χ0n) is 16.2. The Morgan fingerprint density at radius 2 is 1.93 bits per heavy atom. The molecular weight excluding hydrogens is 372 g/mol. The summed E-state index contributed by atoms with van der Waals surface area (Å²) in [4.78, 5) is 31.7. The van der Waals surface area contributed by atoms with Crippen molar-refractivity contribution in [2.45, 2.75) is 13.5 Å². The second-order valence-electron chi connectivity index (χ2n) is 6.19. The molecule has 3 rings (SSSR count). The largest absolute Gasteiger partial charge is 0.453 e. The molecular formula is C20H22N6O3. The molecule has 0 spiro atoms. The average Bonchev–Trinajstić information content (AvgIpc) is 2.71. The van der Waals surface area contributed by atoms with E-state index in [0.717, 1.165) is 27.5 Å². The minimum atomic E-state index is -0.522. The molecule has 0 aliphatic carbocycles. The van der Waals surface area contributed by atoms with Crippen LogP contribution in [0.1, 0.15) is 12.5 Å². The molecule has 3 amide bonds. The van der Waals surface area contributed by atoms with Gasteiger partial charge in [0.25, 0.3) is 0 Å². The topological polar surface area (TPSA) is 131 Å². The molecule has 3 aromatic rings. The molecule has 5 N–H and O–H groups in total. The number of carbonyl (C=O) groups is 2. The van der Waals surface area contributed by atoms with Gasteiger partial charge < -0.3 is 21.1 Å². The van der Waals surface area contributed by atoms with E-state index in [1.807, 2.05) is 25.1 Å². The molecule has 2 aromatic heterocycles. The number of alkyl carbamates (subject to hydrolysis) is 1. The number of urea groups is 1. The molecule has 0 saturated carbocycles. The highest BCUT2D eigenvalue weighted by molar-refractivity contribution is 6.01. The van der Waals surface area contributed by atoms with Gasteiger partial charge in [-0.3, -0.25) is 5.32 Å². The second kappa shape index (κ2) is 8.87. The number of nitrogen functional groups attached to an aromatic ring is 1. The van der Waals surface area contributed by atoms with E-state index in [9.17, 15) is 9.59 Å². The summed E-state index contributed by atoms with van der Waals surface area (Å²) in [5, 5.41) is 9.74. The monoisotopic (exact) mass is 394 g/mol. The molecule has 2 heterocycles. The molecule has 9 nitrogen and oxygen atoms in total. The second-order valence-corrected chi connectivity index (χ2v) is 6.19. The van der Waals surface area contributed by atoms with Crippen LogP contribution in [0, 0.1) is 0 Å². The lowest BCUT2D eigenvalue weighted by Crippen LogP contribution is -2.28. The Morgan fingerprint density at radius 3 is 2.66 bits per heavy atom. The van der Waals surface area contributed by atoms with E-state index in [-0.39, 0.29) is 12.6 Å². The highest BCUT2D eigenvalue weighted by Crippen LogP contribution is 2.32. The molecule has 29 heavy (non-hydrogen) atoms. The Morgan fingerprint density at radius 1 is 1.10 bits per heavy atom. The van der Waals surface area contributed by atoms with Gasteiger partial charge in [-0.1, -0.05) is 12.1 Å². The van der Waals surface area contributed by atoms with Gasteiger partial charge in [-0.2, -0.15) is 0 Å². The summed E-state index contributed by atoms with van der Waals surface area (Å²) in [6.45, 7) is 2.61. The normalized spacial score (nSPS) is 10.4. The molecule has 9 heteroatoms. The summed E-state index contributed by atoms with van der Waals surface area (Å²) in [7, 11) is 1.31. The van der Waals surface area contributed by atoms with Crippen LogP contribution in [0.25, 0.3) is 21.9 Å². The van der Waals surface area contributed by atoms with Crippen molar-refractivity contribution in [3.63, 3.8) is 0 Å². The fraction of sp³-hybridized carbons (Fsp3) is 0.200. The predicted molar refractivity (Wildman–Crippen MR) is 111 cm³/mol. The number of nitrogens with two attached hydrogens (primary N) is 1. The fourth-order valence-corrected chi connectivity index (χ4v) is 2.95. The number of benzene rings is 1. The van der Waals surface area contributed by atoms with Gasteiger partial charge in [-0.05, 0) is 47.2 Å². The SMILES string of the molecule is CCNC(=O)Nc1cc2c(-c3ccnc(N)c3)ccc(CNC(=O)OC)c2cn1. The average molecular weight is 394 g/mol. The number of amides is 3. The van der Waals surface area contributed by atoms with E-state index in [1.54, 1.807) is 24.5 Å². The maximum absolute atomic E-state index is 11.9. The fourth-order valence-electron chi connectivity index (χ4n) is 2.95. The number of carbonyl (C=O) groups excluding carboxylic acids is 2. The first-order chi connectivity index (χ1) is 14.0. The maximum atomic E-state index is 11.9. The number of aromatic nitrogens is 2. The van der Waals surface area contributed by atoms with E-state index in [0.29, 0.717) is 18.2 Å². The number of hydrogen-bond acceptors (Lipinski definition) is 6. The third-order valence-electron chi connectivity index (χ3n) is 4.27. The number of ether oxygens (including phenoxy) is 1. The van der Waals surface area contributed by atoms with E-state index in [2.05, 4.69) is 30.7 Å². The lowest BCUT2D eigenvalue weighted by Gasteiger charge is -2.14. The van der Waals surface area contributed by atoms with Crippen molar-refractivity contribution in [3.8, 4) is 11.1 Å². The summed E-state index contributed by atoms with van der Waals surface area (Å²) < 4.78 is 4.64. The van der Waals surface area contributed by atoms with Crippen molar-refractivity contribution >= 4 is 34.5 Å². The van der Waals surface area contributed by atoms with Crippen molar-refractivity contribution in [1.29, 1.82) is 0 Å². The summed E-state index contributed by atoms with van der Waals surface area (Å²) in [5.41, 5.74) is 8.48. The molecule has 0 saturated heterocycles. The van der Waals surface area contributed by atoms with E-state index in [1.165, 1.54) is 7.11 Å². The standard InChI is InChI=1S/C20H22N6O3/c1-3-22-19(27)26-18-9-15-14(12-6-7-23-17(21)8-12)5-4-13(16(15)11-24-18)10-25-20(28)29-2/h4-9,11H,3,10H2,1-2H3,(H2,21,23)(H,25,28)(H2,22,24,26,27). The molecule has 1 aromatic carbocycles. The van der Waals surface area contributed by atoms with Crippen LogP contribution in [0.2, 0.25) is 0 Å². The van der Waals surface area contributed by atoms with E-state index in [4.69, 9.17) is 5.73 Å². The van der Waals surface area contributed by atoms with Crippen LogP contribution in [0.4, 0.5) is 21.2 Å². The van der Waals surface area contributed by atoms with Gasteiger partial charge in [0.2, 0.25) is 0 Å². The smallest absolute Gasteiger partial charge is 0.407 e. The van der Waals surface area contributed by atoms with Crippen molar-refractivity contribution < 1.29 is 14.3 Å². The van der Waals surface area contributed by atoms with Crippen LogP contribution in [0.5, 0.6) is 0 Å². The van der Waals surface area contributed by atoms with Crippen molar-refractivity contribution in [1.82, 2.24) is 20.6 Å². The zero-order chi connectivity index (χ0) is 20.8. The van der Waals surface area contributed by atoms with Gasteiger partial charge in [0.05, 0.1) is 7.11 Å². The van der Waals surface area contributed by atoms with Gasteiger partial charge in [0.15, 0.2) is 0 Å². The number of anilines is 2. The molecule has 0 atom stereocenters. The summed E-state index contributed by atoms with van der Waals surface area (Å²) in [5.74, 6) is 0.812. The van der Waals surface area contributed by atoms with E-state index >= 15 is 0 Å². The summed E-state index contributed by atoms with van der Waals surface area (Å²) in [6.07, 6.45) is 2.78. The Balaban J connectivity index is 2.08. The van der Waals surface area contributed by atoms with Gasteiger partial charge in [0, 0.05) is 30.9 Å². The quantitative estimate of drug-likeness (QED) is 0.526. The molecule has 0 radical (unpaired) electrons.